The molecule has 1 aliphatic heterocycles. The molecule has 17 heavy (non-hydrogen) atoms. The minimum Gasteiger partial charge on any atom is -0.496 e. The molecule has 1 aliphatic rings. The van der Waals surface area contributed by atoms with Crippen LogP contribution in [0.15, 0.2) is 22.7 Å². The summed E-state index contributed by atoms with van der Waals surface area (Å²) in [6, 6.07) is 5.98. The van der Waals surface area contributed by atoms with Gasteiger partial charge in [0.05, 0.1) is 20.3 Å². The van der Waals surface area contributed by atoms with Crippen molar-refractivity contribution in [3.8, 4) is 5.75 Å². The predicted octanol–water partition coefficient (Wildman–Crippen LogP) is 2.58. The molecule has 0 aliphatic carbocycles. The molecule has 0 saturated carbocycles. The molecule has 0 aromatic heterocycles. The second-order valence-corrected chi connectivity index (χ2v) is 5.25. The van der Waals surface area contributed by atoms with Crippen molar-refractivity contribution >= 4 is 15.9 Å². The standard InChI is InChI=1S/C13H18BrNO2/c1-16-13-3-2-12(14)6-11(13)9-17-8-10-4-5-15-7-10/h2-3,6,10,15H,4-5,7-9H2,1H3. The van der Waals surface area contributed by atoms with Gasteiger partial charge in [-0.25, -0.2) is 0 Å². The van der Waals surface area contributed by atoms with E-state index in [2.05, 4.69) is 21.2 Å². The van der Waals surface area contributed by atoms with Crippen molar-refractivity contribution in [1.29, 1.82) is 0 Å². The molecular weight excluding hydrogens is 282 g/mol. The summed E-state index contributed by atoms with van der Waals surface area (Å²) in [5.74, 6) is 1.55. The van der Waals surface area contributed by atoms with Crippen LogP contribution in [0.4, 0.5) is 0 Å². The van der Waals surface area contributed by atoms with Crippen LogP contribution >= 0.6 is 15.9 Å². The van der Waals surface area contributed by atoms with E-state index in [4.69, 9.17) is 9.47 Å². The Bertz CT molecular complexity index is 364. The molecule has 1 atom stereocenters. The number of rotatable bonds is 5. The van der Waals surface area contributed by atoms with Crippen LogP contribution in [-0.2, 0) is 11.3 Å². The molecule has 1 fully saturated rings. The Morgan fingerprint density at radius 2 is 2.35 bits per heavy atom. The summed E-state index contributed by atoms with van der Waals surface area (Å²) in [4.78, 5) is 0. The molecule has 2 rings (SSSR count). The number of benzene rings is 1. The fraction of sp³-hybridized carbons (Fsp3) is 0.538. The maximum atomic E-state index is 5.76. The van der Waals surface area contributed by atoms with Crippen LogP contribution in [0.25, 0.3) is 0 Å². The molecule has 1 heterocycles. The first-order chi connectivity index (χ1) is 8.29. The molecule has 1 aromatic carbocycles. The molecule has 0 spiro atoms. The van der Waals surface area contributed by atoms with E-state index in [-0.39, 0.29) is 0 Å². The van der Waals surface area contributed by atoms with Crippen LogP contribution in [0.2, 0.25) is 0 Å². The van der Waals surface area contributed by atoms with Gasteiger partial charge in [0, 0.05) is 16.6 Å². The lowest BCUT2D eigenvalue weighted by Crippen LogP contribution is -2.13. The van der Waals surface area contributed by atoms with Crippen LogP contribution in [-0.4, -0.2) is 26.8 Å². The third-order valence-corrected chi connectivity index (χ3v) is 3.51. The van der Waals surface area contributed by atoms with E-state index < -0.39 is 0 Å². The Hall–Kier alpha value is -0.580. The highest BCUT2D eigenvalue weighted by Crippen LogP contribution is 2.24. The van der Waals surface area contributed by atoms with Crippen molar-refractivity contribution in [2.75, 3.05) is 26.8 Å². The predicted molar refractivity (Wildman–Crippen MR) is 71.3 cm³/mol. The van der Waals surface area contributed by atoms with Crippen molar-refractivity contribution in [2.45, 2.75) is 13.0 Å². The lowest BCUT2D eigenvalue weighted by molar-refractivity contribution is 0.0910. The van der Waals surface area contributed by atoms with E-state index in [1.165, 1.54) is 6.42 Å². The van der Waals surface area contributed by atoms with E-state index in [0.29, 0.717) is 12.5 Å². The van der Waals surface area contributed by atoms with Crippen LogP contribution in [0.3, 0.4) is 0 Å². The zero-order valence-electron chi connectivity index (χ0n) is 10.0. The van der Waals surface area contributed by atoms with Crippen molar-refractivity contribution < 1.29 is 9.47 Å². The number of ether oxygens (including phenoxy) is 2. The molecule has 1 saturated heterocycles. The van der Waals surface area contributed by atoms with Crippen LogP contribution < -0.4 is 10.1 Å². The topological polar surface area (TPSA) is 30.5 Å². The Labute approximate surface area is 111 Å². The third-order valence-electron chi connectivity index (χ3n) is 3.02. The Morgan fingerprint density at radius 3 is 3.06 bits per heavy atom. The number of hydrogen-bond acceptors (Lipinski definition) is 3. The normalized spacial score (nSPS) is 19.5. The zero-order valence-corrected chi connectivity index (χ0v) is 11.6. The first kappa shape index (κ1) is 12.9. The van der Waals surface area contributed by atoms with Gasteiger partial charge in [0.15, 0.2) is 0 Å². The summed E-state index contributed by atoms with van der Waals surface area (Å²) in [6.45, 7) is 3.63. The smallest absolute Gasteiger partial charge is 0.124 e. The number of methoxy groups -OCH3 is 1. The minimum atomic E-state index is 0.610. The van der Waals surface area contributed by atoms with Gasteiger partial charge in [0.1, 0.15) is 5.75 Å². The van der Waals surface area contributed by atoms with E-state index in [9.17, 15) is 0 Å². The molecule has 1 aromatic rings. The van der Waals surface area contributed by atoms with Gasteiger partial charge >= 0.3 is 0 Å². The van der Waals surface area contributed by atoms with Gasteiger partial charge in [-0.3, -0.25) is 0 Å². The van der Waals surface area contributed by atoms with Gasteiger partial charge in [-0.15, -0.1) is 0 Å². The van der Waals surface area contributed by atoms with Crippen LogP contribution in [0.1, 0.15) is 12.0 Å². The van der Waals surface area contributed by atoms with Crippen molar-refractivity contribution in [2.24, 2.45) is 5.92 Å². The molecule has 1 unspecified atom stereocenters. The van der Waals surface area contributed by atoms with E-state index in [0.717, 1.165) is 35.5 Å². The number of halogens is 1. The summed E-state index contributed by atoms with van der Waals surface area (Å²) in [7, 11) is 1.69. The third kappa shape index (κ3) is 3.69. The highest BCUT2D eigenvalue weighted by atomic mass is 79.9. The summed E-state index contributed by atoms with van der Waals surface area (Å²) in [5.41, 5.74) is 1.09. The highest BCUT2D eigenvalue weighted by molar-refractivity contribution is 9.10. The Balaban J connectivity index is 1.86. The lowest BCUT2D eigenvalue weighted by atomic mass is 10.1. The largest absolute Gasteiger partial charge is 0.496 e. The van der Waals surface area contributed by atoms with Crippen LogP contribution in [0, 0.1) is 5.92 Å². The fourth-order valence-corrected chi connectivity index (χ4v) is 2.46. The van der Waals surface area contributed by atoms with E-state index >= 15 is 0 Å². The van der Waals surface area contributed by atoms with E-state index in [1.807, 2.05) is 18.2 Å². The summed E-state index contributed by atoms with van der Waals surface area (Å²) in [5, 5.41) is 3.34. The van der Waals surface area contributed by atoms with Gasteiger partial charge in [0.25, 0.3) is 0 Å². The second kappa shape index (κ2) is 6.38. The Kier molecular flexibility index (Phi) is 4.83. The molecule has 0 amide bonds. The summed E-state index contributed by atoms with van der Waals surface area (Å²) >= 11 is 3.46. The van der Waals surface area contributed by atoms with Gasteiger partial charge in [0.2, 0.25) is 0 Å². The SMILES string of the molecule is COc1ccc(Br)cc1COCC1CCNC1. The van der Waals surface area contributed by atoms with E-state index in [1.54, 1.807) is 7.11 Å². The quantitative estimate of drug-likeness (QED) is 0.906. The molecule has 0 radical (unpaired) electrons. The first-order valence-electron chi connectivity index (χ1n) is 5.90. The molecule has 0 bridgehead atoms. The maximum absolute atomic E-state index is 5.76. The number of nitrogens with one attached hydrogen (secondary N) is 1. The van der Waals surface area contributed by atoms with Gasteiger partial charge in [-0.1, -0.05) is 15.9 Å². The monoisotopic (exact) mass is 299 g/mol. The van der Waals surface area contributed by atoms with Crippen molar-refractivity contribution in [3.05, 3.63) is 28.2 Å². The fourth-order valence-electron chi connectivity index (χ4n) is 2.05. The zero-order chi connectivity index (χ0) is 12.1. The van der Waals surface area contributed by atoms with Crippen LogP contribution in [0.5, 0.6) is 5.75 Å². The van der Waals surface area contributed by atoms with Gasteiger partial charge in [-0.05, 0) is 37.1 Å². The maximum Gasteiger partial charge on any atom is 0.124 e. The first-order valence-corrected chi connectivity index (χ1v) is 6.70. The number of hydrogen-bond donors (Lipinski definition) is 1. The minimum absolute atomic E-state index is 0.610. The van der Waals surface area contributed by atoms with Gasteiger partial charge in [-0.2, -0.15) is 0 Å². The summed E-state index contributed by atoms with van der Waals surface area (Å²) in [6.07, 6.45) is 1.22. The average molecular weight is 300 g/mol. The molecule has 94 valence electrons. The summed E-state index contributed by atoms with van der Waals surface area (Å²) < 4.78 is 12.1. The molecule has 1 N–H and O–H groups in total. The molecule has 3 nitrogen and oxygen atoms in total. The Morgan fingerprint density at radius 1 is 1.47 bits per heavy atom. The molecular formula is C13H18BrNO2. The molecule has 4 heteroatoms. The second-order valence-electron chi connectivity index (χ2n) is 4.33. The van der Waals surface area contributed by atoms with Gasteiger partial charge < -0.3 is 14.8 Å². The lowest BCUT2D eigenvalue weighted by Gasteiger charge is -2.12. The van der Waals surface area contributed by atoms with Crippen molar-refractivity contribution in [1.82, 2.24) is 5.32 Å². The average Bonchev–Trinajstić information content (AvgIpc) is 2.82. The van der Waals surface area contributed by atoms with Crippen molar-refractivity contribution in [3.63, 3.8) is 0 Å². The highest BCUT2D eigenvalue weighted by Gasteiger charge is 2.14.